The van der Waals surface area contributed by atoms with Crippen LogP contribution < -0.4 is 0 Å². The Morgan fingerprint density at radius 1 is 1.00 bits per heavy atom. The first kappa shape index (κ1) is 12.3. The lowest BCUT2D eigenvalue weighted by Crippen LogP contribution is -2.17. The van der Waals surface area contributed by atoms with Crippen molar-refractivity contribution in [3.63, 3.8) is 0 Å². The highest BCUT2D eigenvalue weighted by atomic mass is 14.3. The van der Waals surface area contributed by atoms with Crippen LogP contribution in [0.3, 0.4) is 0 Å². The Morgan fingerprint density at radius 3 is 1.87 bits per heavy atom. The largest absolute Gasteiger partial charge is 0.0648 e. The van der Waals surface area contributed by atoms with Crippen molar-refractivity contribution in [2.24, 2.45) is 5.41 Å². The van der Waals surface area contributed by atoms with Crippen LogP contribution in [-0.4, -0.2) is 0 Å². The summed E-state index contributed by atoms with van der Waals surface area (Å²) in [5.41, 5.74) is 3.28. The average molecular weight is 204 g/mol. The van der Waals surface area contributed by atoms with E-state index in [1.807, 2.05) is 0 Å². The fourth-order valence-electron chi connectivity index (χ4n) is 2.33. The van der Waals surface area contributed by atoms with Gasteiger partial charge in [-0.15, -0.1) is 0 Å². The standard InChI is InChI=1S/C15H24/c1-6-12-8-10-13(11-9-12)14(7-2)15(3,4)5/h8-11,14H,6-7H2,1-5H3. The summed E-state index contributed by atoms with van der Waals surface area (Å²) in [5, 5.41) is 0. The second-order valence-electron chi connectivity index (χ2n) is 5.42. The van der Waals surface area contributed by atoms with Crippen molar-refractivity contribution in [3.8, 4) is 0 Å². The first-order valence-corrected chi connectivity index (χ1v) is 6.07. The van der Waals surface area contributed by atoms with Crippen LogP contribution >= 0.6 is 0 Å². The molecule has 0 aromatic heterocycles. The summed E-state index contributed by atoms with van der Waals surface area (Å²) >= 11 is 0. The van der Waals surface area contributed by atoms with E-state index in [1.54, 1.807) is 0 Å². The molecule has 0 aliphatic carbocycles. The molecule has 0 bridgehead atoms. The minimum atomic E-state index is 0.364. The van der Waals surface area contributed by atoms with E-state index in [1.165, 1.54) is 17.5 Å². The molecule has 0 amide bonds. The topological polar surface area (TPSA) is 0 Å². The highest BCUT2D eigenvalue weighted by molar-refractivity contribution is 5.26. The Hall–Kier alpha value is -0.780. The number of aryl methyl sites for hydroxylation is 1. The van der Waals surface area contributed by atoms with Crippen LogP contribution in [0.2, 0.25) is 0 Å². The van der Waals surface area contributed by atoms with Crippen molar-refractivity contribution in [2.75, 3.05) is 0 Å². The lowest BCUT2D eigenvalue weighted by Gasteiger charge is -2.30. The van der Waals surface area contributed by atoms with Gasteiger partial charge in [-0.05, 0) is 35.3 Å². The summed E-state index contributed by atoms with van der Waals surface area (Å²) in [6, 6.07) is 9.14. The molecule has 0 saturated heterocycles. The molecule has 84 valence electrons. The van der Waals surface area contributed by atoms with E-state index in [2.05, 4.69) is 58.9 Å². The Morgan fingerprint density at radius 2 is 1.53 bits per heavy atom. The smallest absolute Gasteiger partial charge is 0.0116 e. The third-order valence-electron chi connectivity index (χ3n) is 3.24. The van der Waals surface area contributed by atoms with Crippen LogP contribution in [0.4, 0.5) is 0 Å². The molecule has 0 radical (unpaired) electrons. The number of benzene rings is 1. The number of hydrogen-bond donors (Lipinski definition) is 0. The Balaban J connectivity index is 2.93. The van der Waals surface area contributed by atoms with Gasteiger partial charge in [0.1, 0.15) is 0 Å². The first-order valence-electron chi connectivity index (χ1n) is 6.07. The van der Waals surface area contributed by atoms with Gasteiger partial charge in [-0.25, -0.2) is 0 Å². The summed E-state index contributed by atoms with van der Waals surface area (Å²) in [4.78, 5) is 0. The van der Waals surface area contributed by atoms with Gasteiger partial charge in [0, 0.05) is 0 Å². The van der Waals surface area contributed by atoms with Gasteiger partial charge >= 0.3 is 0 Å². The van der Waals surface area contributed by atoms with E-state index >= 15 is 0 Å². The highest BCUT2D eigenvalue weighted by Crippen LogP contribution is 2.37. The zero-order chi connectivity index (χ0) is 11.5. The molecule has 0 heteroatoms. The molecule has 1 rings (SSSR count). The van der Waals surface area contributed by atoms with Gasteiger partial charge in [-0.1, -0.05) is 58.9 Å². The van der Waals surface area contributed by atoms with Crippen molar-refractivity contribution in [3.05, 3.63) is 35.4 Å². The van der Waals surface area contributed by atoms with Crippen molar-refractivity contribution in [1.29, 1.82) is 0 Å². The summed E-state index contributed by atoms with van der Waals surface area (Å²) in [5.74, 6) is 0.670. The van der Waals surface area contributed by atoms with E-state index in [9.17, 15) is 0 Å². The molecule has 1 unspecified atom stereocenters. The summed E-state index contributed by atoms with van der Waals surface area (Å²) in [7, 11) is 0. The molecule has 15 heavy (non-hydrogen) atoms. The van der Waals surface area contributed by atoms with Crippen molar-refractivity contribution < 1.29 is 0 Å². The fourth-order valence-corrected chi connectivity index (χ4v) is 2.33. The van der Waals surface area contributed by atoms with Crippen LogP contribution in [0.5, 0.6) is 0 Å². The monoisotopic (exact) mass is 204 g/mol. The van der Waals surface area contributed by atoms with Crippen molar-refractivity contribution in [2.45, 2.75) is 53.4 Å². The second-order valence-corrected chi connectivity index (χ2v) is 5.42. The van der Waals surface area contributed by atoms with Crippen molar-refractivity contribution >= 4 is 0 Å². The van der Waals surface area contributed by atoms with Gasteiger partial charge < -0.3 is 0 Å². The van der Waals surface area contributed by atoms with E-state index in [-0.39, 0.29) is 0 Å². The van der Waals surface area contributed by atoms with Crippen LogP contribution in [0.1, 0.15) is 58.1 Å². The van der Waals surface area contributed by atoms with Crippen LogP contribution in [0.15, 0.2) is 24.3 Å². The minimum Gasteiger partial charge on any atom is -0.0648 e. The molecule has 0 heterocycles. The number of hydrogen-bond acceptors (Lipinski definition) is 0. The van der Waals surface area contributed by atoms with E-state index in [0.29, 0.717) is 11.3 Å². The van der Waals surface area contributed by atoms with Gasteiger partial charge in [-0.2, -0.15) is 0 Å². The molecule has 1 aromatic rings. The maximum absolute atomic E-state index is 2.33. The molecule has 0 nitrogen and oxygen atoms in total. The van der Waals surface area contributed by atoms with Crippen LogP contribution in [0.25, 0.3) is 0 Å². The summed E-state index contributed by atoms with van der Waals surface area (Å²) in [6.07, 6.45) is 2.35. The van der Waals surface area contributed by atoms with Crippen LogP contribution in [-0.2, 0) is 6.42 Å². The molecule has 1 aromatic carbocycles. The first-order chi connectivity index (χ1) is 6.99. The Bertz CT molecular complexity index is 287. The molecule has 0 fully saturated rings. The lowest BCUT2D eigenvalue weighted by molar-refractivity contribution is 0.312. The highest BCUT2D eigenvalue weighted by Gasteiger charge is 2.24. The predicted octanol–water partition coefficient (Wildman–Crippen LogP) is 4.79. The van der Waals surface area contributed by atoms with Gasteiger partial charge in [0.15, 0.2) is 0 Å². The molecule has 0 aliphatic rings. The minimum absolute atomic E-state index is 0.364. The molecule has 0 aliphatic heterocycles. The summed E-state index contributed by atoms with van der Waals surface area (Å²) < 4.78 is 0. The third kappa shape index (κ3) is 3.09. The van der Waals surface area contributed by atoms with Crippen molar-refractivity contribution in [1.82, 2.24) is 0 Å². The van der Waals surface area contributed by atoms with Gasteiger partial charge in [0.2, 0.25) is 0 Å². The molecule has 0 saturated carbocycles. The molecule has 1 atom stereocenters. The normalized spacial score (nSPS) is 13.9. The number of rotatable bonds is 3. The Labute approximate surface area is 94.7 Å². The van der Waals surface area contributed by atoms with Crippen LogP contribution in [0, 0.1) is 5.41 Å². The third-order valence-corrected chi connectivity index (χ3v) is 3.24. The van der Waals surface area contributed by atoms with E-state index in [4.69, 9.17) is 0 Å². The molecule has 0 spiro atoms. The zero-order valence-corrected chi connectivity index (χ0v) is 10.8. The quantitative estimate of drug-likeness (QED) is 0.664. The lowest BCUT2D eigenvalue weighted by atomic mass is 9.75. The van der Waals surface area contributed by atoms with E-state index in [0.717, 1.165) is 6.42 Å². The van der Waals surface area contributed by atoms with E-state index < -0.39 is 0 Å². The maximum Gasteiger partial charge on any atom is -0.0116 e. The predicted molar refractivity (Wildman–Crippen MR) is 68.3 cm³/mol. The molecular formula is C15H24. The second kappa shape index (κ2) is 4.83. The maximum atomic E-state index is 2.33. The summed E-state index contributed by atoms with van der Waals surface area (Å²) in [6.45, 7) is 11.5. The molecule has 0 N–H and O–H groups in total. The SMILES string of the molecule is CCc1ccc(C(CC)C(C)(C)C)cc1. The van der Waals surface area contributed by atoms with Gasteiger partial charge in [0.05, 0.1) is 0 Å². The average Bonchev–Trinajstić information content (AvgIpc) is 2.18. The molecular weight excluding hydrogens is 180 g/mol. The Kier molecular flexibility index (Phi) is 3.96. The fraction of sp³-hybridized carbons (Fsp3) is 0.600. The van der Waals surface area contributed by atoms with Gasteiger partial charge in [-0.3, -0.25) is 0 Å². The van der Waals surface area contributed by atoms with Gasteiger partial charge in [0.25, 0.3) is 0 Å². The zero-order valence-electron chi connectivity index (χ0n) is 10.8.